The third-order valence-corrected chi connectivity index (χ3v) is 5.73. The molecule has 3 amide bonds. The number of ether oxygens (including phenoxy) is 1. The second kappa shape index (κ2) is 12.1. The SMILES string of the molecule is CCCn1cc(Cl)c(C(=O)N2CCCCNC(=O)c3cc(Cl)ccc3OC[C@H](C)NC(=O)C2)n1. The Bertz CT molecular complexity index is 1040. The quantitative estimate of drug-likeness (QED) is 0.660. The zero-order valence-corrected chi connectivity index (χ0v) is 20.8. The lowest BCUT2D eigenvalue weighted by Gasteiger charge is -2.23. The Morgan fingerprint density at radius 2 is 2.06 bits per heavy atom. The Morgan fingerprint density at radius 1 is 1.26 bits per heavy atom. The fraction of sp³-hybridized carbons (Fsp3) is 0.478. The number of carbonyl (C=O) groups excluding carboxylic acids is 3. The van der Waals surface area contributed by atoms with Gasteiger partial charge in [-0.05, 0) is 44.4 Å². The fourth-order valence-electron chi connectivity index (χ4n) is 3.57. The minimum Gasteiger partial charge on any atom is -0.491 e. The molecule has 0 fully saturated rings. The van der Waals surface area contributed by atoms with Gasteiger partial charge in [-0.25, -0.2) is 0 Å². The average Bonchev–Trinajstić information content (AvgIpc) is 3.16. The molecule has 0 aliphatic carbocycles. The van der Waals surface area contributed by atoms with Crippen molar-refractivity contribution in [2.75, 3.05) is 26.2 Å². The number of amides is 3. The van der Waals surface area contributed by atoms with Crippen molar-refractivity contribution in [2.24, 2.45) is 0 Å². The van der Waals surface area contributed by atoms with Gasteiger partial charge in [-0.3, -0.25) is 19.1 Å². The van der Waals surface area contributed by atoms with E-state index >= 15 is 0 Å². The second-order valence-corrected chi connectivity index (χ2v) is 9.04. The average molecular weight is 510 g/mol. The highest BCUT2D eigenvalue weighted by Gasteiger charge is 2.25. The Morgan fingerprint density at radius 3 is 2.82 bits per heavy atom. The van der Waals surface area contributed by atoms with Gasteiger partial charge in [0.1, 0.15) is 12.4 Å². The fourth-order valence-corrected chi connectivity index (χ4v) is 3.97. The van der Waals surface area contributed by atoms with Gasteiger partial charge in [0.25, 0.3) is 11.8 Å². The molecular formula is C23H29Cl2N5O4. The van der Waals surface area contributed by atoms with E-state index in [1.54, 1.807) is 36.0 Å². The highest BCUT2D eigenvalue weighted by molar-refractivity contribution is 6.33. The van der Waals surface area contributed by atoms with Crippen LogP contribution in [0.1, 0.15) is 54.0 Å². The Labute approximate surface area is 208 Å². The highest BCUT2D eigenvalue weighted by atomic mass is 35.5. The number of hydrogen-bond acceptors (Lipinski definition) is 5. The summed E-state index contributed by atoms with van der Waals surface area (Å²) in [6.45, 7) is 5.11. The van der Waals surface area contributed by atoms with Gasteiger partial charge in [0.2, 0.25) is 5.91 Å². The van der Waals surface area contributed by atoms with Crippen LogP contribution in [0.5, 0.6) is 5.75 Å². The van der Waals surface area contributed by atoms with E-state index in [0.717, 1.165) is 6.42 Å². The van der Waals surface area contributed by atoms with Crippen molar-refractivity contribution in [3.05, 3.63) is 45.7 Å². The topological polar surface area (TPSA) is 106 Å². The number of aryl methyl sites for hydroxylation is 1. The van der Waals surface area contributed by atoms with Gasteiger partial charge in [-0.15, -0.1) is 0 Å². The minimum absolute atomic E-state index is 0.123. The number of hydrogen-bond donors (Lipinski definition) is 2. The van der Waals surface area contributed by atoms with Gasteiger partial charge in [0.05, 0.1) is 23.2 Å². The van der Waals surface area contributed by atoms with Crippen LogP contribution in [-0.4, -0.2) is 64.7 Å². The maximum Gasteiger partial charge on any atom is 0.276 e. The number of fused-ring (bicyclic) bond motifs is 1. The first-order chi connectivity index (χ1) is 16.3. The van der Waals surface area contributed by atoms with Crippen molar-refractivity contribution in [3.8, 4) is 5.75 Å². The molecule has 0 spiro atoms. The summed E-state index contributed by atoms with van der Waals surface area (Å²) in [6, 6.07) is 4.45. The van der Waals surface area contributed by atoms with E-state index in [-0.39, 0.29) is 41.7 Å². The van der Waals surface area contributed by atoms with Gasteiger partial charge in [-0.1, -0.05) is 30.1 Å². The second-order valence-electron chi connectivity index (χ2n) is 8.20. The molecule has 1 aliphatic heterocycles. The Balaban J connectivity index is 1.76. The minimum atomic E-state index is -0.408. The number of halogens is 2. The monoisotopic (exact) mass is 509 g/mol. The highest BCUT2D eigenvalue weighted by Crippen LogP contribution is 2.23. The molecule has 1 aliphatic rings. The lowest BCUT2D eigenvalue weighted by atomic mass is 10.2. The van der Waals surface area contributed by atoms with Crippen molar-refractivity contribution in [1.29, 1.82) is 0 Å². The van der Waals surface area contributed by atoms with Crippen LogP contribution in [-0.2, 0) is 11.3 Å². The standard InChI is InChI=1S/C23H29Cl2N5O4/c1-3-9-30-12-18(25)21(28-30)23(33)29-10-5-4-8-26-22(32)17-11-16(24)6-7-19(17)34-14-15(2)27-20(31)13-29/h6-7,11-12,15H,3-5,8-10,13-14H2,1-2H3,(H,26,32)(H,27,31)/t15-/m0/s1. The molecule has 0 saturated carbocycles. The summed E-state index contributed by atoms with van der Waals surface area (Å²) in [5.41, 5.74) is 0.452. The molecule has 184 valence electrons. The number of carbonyl (C=O) groups is 3. The smallest absolute Gasteiger partial charge is 0.276 e. The van der Waals surface area contributed by atoms with Gasteiger partial charge >= 0.3 is 0 Å². The summed E-state index contributed by atoms with van der Waals surface area (Å²) in [7, 11) is 0. The molecular weight excluding hydrogens is 481 g/mol. The van der Waals surface area contributed by atoms with Crippen LogP contribution >= 0.6 is 23.2 Å². The summed E-state index contributed by atoms with van der Waals surface area (Å²) in [5.74, 6) is -0.652. The number of nitrogens with one attached hydrogen (secondary N) is 2. The van der Waals surface area contributed by atoms with Gasteiger partial charge < -0.3 is 20.3 Å². The van der Waals surface area contributed by atoms with E-state index in [9.17, 15) is 14.4 Å². The van der Waals surface area contributed by atoms with Gasteiger partial charge in [0, 0.05) is 30.9 Å². The molecule has 34 heavy (non-hydrogen) atoms. The van der Waals surface area contributed by atoms with Crippen LogP contribution in [0, 0.1) is 0 Å². The Kier molecular flexibility index (Phi) is 9.18. The molecule has 2 heterocycles. The van der Waals surface area contributed by atoms with Crippen molar-refractivity contribution in [2.45, 2.75) is 45.7 Å². The maximum absolute atomic E-state index is 13.2. The van der Waals surface area contributed by atoms with E-state index in [4.69, 9.17) is 27.9 Å². The van der Waals surface area contributed by atoms with Crippen LogP contribution in [0.15, 0.2) is 24.4 Å². The van der Waals surface area contributed by atoms with Crippen LogP contribution in [0.25, 0.3) is 0 Å². The maximum atomic E-state index is 13.2. The van der Waals surface area contributed by atoms with Crippen molar-refractivity contribution in [1.82, 2.24) is 25.3 Å². The zero-order chi connectivity index (χ0) is 24.7. The van der Waals surface area contributed by atoms with Crippen molar-refractivity contribution < 1.29 is 19.1 Å². The van der Waals surface area contributed by atoms with Crippen LogP contribution < -0.4 is 15.4 Å². The molecule has 0 radical (unpaired) electrons. The predicted molar refractivity (Wildman–Crippen MR) is 130 cm³/mol. The van der Waals surface area contributed by atoms with E-state index in [0.29, 0.717) is 48.8 Å². The van der Waals surface area contributed by atoms with E-state index in [1.807, 2.05) is 6.92 Å². The summed E-state index contributed by atoms with van der Waals surface area (Å²) in [6.07, 6.45) is 3.63. The zero-order valence-electron chi connectivity index (χ0n) is 19.3. The first-order valence-corrected chi connectivity index (χ1v) is 12.1. The van der Waals surface area contributed by atoms with Gasteiger partial charge in [0.15, 0.2) is 5.69 Å². The summed E-state index contributed by atoms with van der Waals surface area (Å²) in [5, 5.41) is 10.7. The van der Waals surface area contributed by atoms with Crippen LogP contribution in [0.2, 0.25) is 10.0 Å². The molecule has 1 aromatic heterocycles. The van der Waals surface area contributed by atoms with Crippen molar-refractivity contribution >= 4 is 40.9 Å². The lowest BCUT2D eigenvalue weighted by molar-refractivity contribution is -0.122. The van der Waals surface area contributed by atoms with Crippen LogP contribution in [0.4, 0.5) is 0 Å². The lowest BCUT2D eigenvalue weighted by Crippen LogP contribution is -2.45. The summed E-state index contributed by atoms with van der Waals surface area (Å²) >= 11 is 12.3. The molecule has 1 atom stereocenters. The van der Waals surface area contributed by atoms with Gasteiger partial charge in [-0.2, -0.15) is 5.10 Å². The molecule has 2 N–H and O–H groups in total. The molecule has 0 bridgehead atoms. The molecule has 11 heteroatoms. The first kappa shape index (κ1) is 25.8. The third kappa shape index (κ3) is 6.87. The normalized spacial score (nSPS) is 18.1. The molecule has 3 rings (SSSR count). The predicted octanol–water partition coefficient (Wildman–Crippen LogP) is 3.15. The van der Waals surface area contributed by atoms with Crippen LogP contribution in [0.3, 0.4) is 0 Å². The van der Waals surface area contributed by atoms with E-state index in [2.05, 4.69) is 15.7 Å². The number of aromatic nitrogens is 2. The largest absolute Gasteiger partial charge is 0.491 e. The summed E-state index contributed by atoms with van der Waals surface area (Å²) in [4.78, 5) is 40.0. The Hall–Kier alpha value is -2.78. The summed E-state index contributed by atoms with van der Waals surface area (Å²) < 4.78 is 7.42. The number of nitrogens with zero attached hydrogens (tertiary/aromatic N) is 3. The van der Waals surface area contributed by atoms with Crippen molar-refractivity contribution in [3.63, 3.8) is 0 Å². The number of rotatable bonds is 3. The molecule has 9 nitrogen and oxygen atoms in total. The number of benzene rings is 1. The van der Waals surface area contributed by atoms with E-state index in [1.165, 1.54) is 4.90 Å². The third-order valence-electron chi connectivity index (χ3n) is 5.22. The molecule has 1 aromatic carbocycles. The molecule has 0 saturated heterocycles. The van der Waals surface area contributed by atoms with E-state index < -0.39 is 5.91 Å². The molecule has 2 aromatic rings. The molecule has 0 unspecified atom stereocenters. The first-order valence-electron chi connectivity index (χ1n) is 11.3.